The molecule has 1 aromatic carbocycles. The fraction of sp³-hybridized carbons (Fsp3) is 0.647. The molecule has 1 N–H and O–H groups in total. The Kier molecular flexibility index (Phi) is 3.65. The first-order valence-corrected chi connectivity index (χ1v) is 7.14. The number of fused-ring (bicyclic) bond motifs is 1. The van der Waals surface area contributed by atoms with E-state index in [1.165, 1.54) is 5.56 Å². The van der Waals surface area contributed by atoms with Gasteiger partial charge in [-0.25, -0.2) is 0 Å². The van der Waals surface area contributed by atoms with Crippen LogP contribution in [-0.2, 0) is 5.41 Å². The summed E-state index contributed by atoms with van der Waals surface area (Å²) >= 11 is 0. The van der Waals surface area contributed by atoms with Crippen molar-refractivity contribution in [1.82, 2.24) is 0 Å². The first-order chi connectivity index (χ1) is 8.69. The van der Waals surface area contributed by atoms with Crippen LogP contribution in [0.5, 0.6) is 5.75 Å². The van der Waals surface area contributed by atoms with Gasteiger partial charge in [0, 0.05) is 12.0 Å². The molecule has 2 heteroatoms. The topological polar surface area (TPSA) is 29.5 Å². The van der Waals surface area contributed by atoms with E-state index >= 15 is 0 Å². The molecule has 0 saturated carbocycles. The molecule has 0 unspecified atom stereocenters. The van der Waals surface area contributed by atoms with Gasteiger partial charge in [-0.3, -0.25) is 0 Å². The maximum atomic E-state index is 10.1. The highest BCUT2D eigenvalue weighted by atomic mass is 16.5. The molecular weight excluding hydrogens is 236 g/mol. The van der Waals surface area contributed by atoms with Crippen molar-refractivity contribution in [2.75, 3.05) is 6.61 Å². The maximum Gasteiger partial charge on any atom is 0.125 e. The Hall–Kier alpha value is -1.02. The second-order valence-electron chi connectivity index (χ2n) is 7.53. The molecule has 0 fully saturated rings. The molecule has 0 saturated heterocycles. The monoisotopic (exact) mass is 262 g/mol. The van der Waals surface area contributed by atoms with E-state index in [4.69, 9.17) is 4.74 Å². The zero-order valence-electron chi connectivity index (χ0n) is 12.8. The number of rotatable bonds is 2. The Labute approximate surface area is 116 Å². The molecule has 19 heavy (non-hydrogen) atoms. The molecule has 1 aromatic rings. The predicted octanol–water partition coefficient (Wildman–Crippen LogP) is 4.22. The van der Waals surface area contributed by atoms with Crippen molar-refractivity contribution in [2.45, 2.75) is 59.0 Å². The van der Waals surface area contributed by atoms with Crippen molar-refractivity contribution in [3.63, 3.8) is 0 Å². The van der Waals surface area contributed by atoms with Gasteiger partial charge in [-0.15, -0.1) is 0 Å². The average molecular weight is 262 g/mol. The summed E-state index contributed by atoms with van der Waals surface area (Å²) in [4.78, 5) is 0. The minimum atomic E-state index is -0.380. The van der Waals surface area contributed by atoms with Gasteiger partial charge >= 0.3 is 0 Å². The molecule has 1 aliphatic rings. The summed E-state index contributed by atoms with van der Waals surface area (Å²) in [6, 6.07) is 6.28. The zero-order valence-corrected chi connectivity index (χ0v) is 12.8. The van der Waals surface area contributed by atoms with E-state index in [-0.39, 0.29) is 16.9 Å². The summed E-state index contributed by atoms with van der Waals surface area (Å²) in [5.74, 6) is 0.842. The van der Waals surface area contributed by atoms with E-state index in [9.17, 15) is 5.11 Å². The third-order valence-electron chi connectivity index (χ3n) is 3.77. The molecule has 0 spiro atoms. The molecule has 106 valence electrons. The summed E-state index contributed by atoms with van der Waals surface area (Å²) in [6.45, 7) is 12.0. The smallest absolute Gasteiger partial charge is 0.125 e. The summed E-state index contributed by atoms with van der Waals surface area (Å²) in [7, 11) is 0. The van der Waals surface area contributed by atoms with Gasteiger partial charge in [-0.1, -0.05) is 40.7 Å². The third kappa shape index (κ3) is 3.30. The fourth-order valence-corrected chi connectivity index (χ4v) is 3.23. The van der Waals surface area contributed by atoms with Gasteiger partial charge in [-0.2, -0.15) is 0 Å². The first kappa shape index (κ1) is 14.4. The van der Waals surface area contributed by atoms with E-state index in [0.29, 0.717) is 13.0 Å². The lowest BCUT2D eigenvalue weighted by molar-refractivity contribution is 0.115. The Balaban J connectivity index is 2.33. The molecule has 0 aliphatic carbocycles. The standard InChI is InChI=1S/C17H26O2/c1-16(2,3)11-17(4,5)12-6-7-15-13(10-12)14(18)8-9-19-15/h6-7,10,14,18H,8-9,11H2,1-5H3/t14-/m0/s1. The Morgan fingerprint density at radius 3 is 2.53 bits per heavy atom. The number of aliphatic hydroxyl groups is 1. The van der Waals surface area contributed by atoms with Gasteiger partial charge in [0.2, 0.25) is 0 Å². The van der Waals surface area contributed by atoms with Crippen molar-refractivity contribution in [3.8, 4) is 5.75 Å². The fourth-order valence-electron chi connectivity index (χ4n) is 3.23. The molecule has 1 aliphatic heterocycles. The molecule has 2 nitrogen and oxygen atoms in total. The second kappa shape index (κ2) is 4.82. The van der Waals surface area contributed by atoms with Crippen molar-refractivity contribution in [1.29, 1.82) is 0 Å². The van der Waals surface area contributed by atoms with E-state index < -0.39 is 0 Å². The Morgan fingerprint density at radius 1 is 1.21 bits per heavy atom. The van der Waals surface area contributed by atoms with Crippen LogP contribution < -0.4 is 4.74 Å². The lowest BCUT2D eigenvalue weighted by atomic mass is 9.72. The van der Waals surface area contributed by atoms with Crippen LogP contribution in [0, 0.1) is 5.41 Å². The minimum Gasteiger partial charge on any atom is -0.493 e. The van der Waals surface area contributed by atoms with Crippen LogP contribution in [0.4, 0.5) is 0 Å². The molecule has 1 heterocycles. The first-order valence-electron chi connectivity index (χ1n) is 7.14. The Bertz CT molecular complexity index is 455. The number of hydrogen-bond donors (Lipinski definition) is 1. The molecule has 0 radical (unpaired) electrons. The molecule has 0 bridgehead atoms. The number of benzene rings is 1. The van der Waals surface area contributed by atoms with Gasteiger partial charge in [0.1, 0.15) is 5.75 Å². The summed E-state index contributed by atoms with van der Waals surface area (Å²) in [6.07, 6.45) is 1.42. The van der Waals surface area contributed by atoms with Gasteiger partial charge < -0.3 is 9.84 Å². The highest BCUT2D eigenvalue weighted by Gasteiger charge is 2.29. The third-order valence-corrected chi connectivity index (χ3v) is 3.77. The van der Waals surface area contributed by atoms with Crippen LogP contribution in [0.2, 0.25) is 0 Å². The normalized spacial score (nSPS) is 19.8. The van der Waals surface area contributed by atoms with Gasteiger partial charge in [-0.05, 0) is 34.9 Å². The highest BCUT2D eigenvalue weighted by Crippen LogP contribution is 2.40. The van der Waals surface area contributed by atoms with E-state index in [1.807, 2.05) is 6.07 Å². The van der Waals surface area contributed by atoms with E-state index in [2.05, 4.69) is 46.8 Å². The number of hydrogen-bond acceptors (Lipinski definition) is 2. The summed E-state index contributed by atoms with van der Waals surface area (Å²) < 4.78 is 5.60. The predicted molar refractivity (Wildman–Crippen MR) is 78.6 cm³/mol. The van der Waals surface area contributed by atoms with Gasteiger partial charge in [0.15, 0.2) is 0 Å². The molecule has 0 aromatic heterocycles. The summed E-state index contributed by atoms with van der Waals surface area (Å²) in [5, 5.41) is 10.1. The van der Waals surface area contributed by atoms with Gasteiger partial charge in [0.25, 0.3) is 0 Å². The zero-order chi connectivity index (χ0) is 14.3. The lowest BCUT2D eigenvalue weighted by Crippen LogP contribution is -2.25. The van der Waals surface area contributed by atoms with Crippen LogP contribution in [-0.4, -0.2) is 11.7 Å². The molecular formula is C17H26O2. The Morgan fingerprint density at radius 2 is 1.89 bits per heavy atom. The van der Waals surface area contributed by atoms with Crippen molar-refractivity contribution >= 4 is 0 Å². The molecule has 0 amide bonds. The minimum absolute atomic E-state index is 0.102. The van der Waals surface area contributed by atoms with E-state index in [0.717, 1.165) is 17.7 Å². The van der Waals surface area contributed by atoms with Crippen molar-refractivity contribution in [3.05, 3.63) is 29.3 Å². The number of ether oxygens (including phenoxy) is 1. The number of aliphatic hydroxyl groups excluding tert-OH is 1. The largest absolute Gasteiger partial charge is 0.493 e. The average Bonchev–Trinajstić information content (AvgIpc) is 2.26. The van der Waals surface area contributed by atoms with Crippen LogP contribution in [0.1, 0.15) is 64.7 Å². The highest BCUT2D eigenvalue weighted by molar-refractivity contribution is 5.42. The second-order valence-corrected chi connectivity index (χ2v) is 7.53. The SMILES string of the molecule is CC(C)(C)CC(C)(C)c1ccc2c(c1)[C@@H](O)CCO2. The van der Waals surface area contributed by atoms with Crippen molar-refractivity contribution in [2.24, 2.45) is 5.41 Å². The molecule has 1 atom stereocenters. The van der Waals surface area contributed by atoms with Gasteiger partial charge in [0.05, 0.1) is 12.7 Å². The maximum absolute atomic E-state index is 10.1. The van der Waals surface area contributed by atoms with Crippen LogP contribution in [0.3, 0.4) is 0 Å². The summed E-state index contributed by atoms with van der Waals surface area (Å²) in [5.41, 5.74) is 2.62. The van der Waals surface area contributed by atoms with E-state index in [1.54, 1.807) is 0 Å². The van der Waals surface area contributed by atoms with Crippen LogP contribution >= 0.6 is 0 Å². The molecule has 2 rings (SSSR count). The van der Waals surface area contributed by atoms with Crippen LogP contribution in [0.15, 0.2) is 18.2 Å². The van der Waals surface area contributed by atoms with Crippen LogP contribution in [0.25, 0.3) is 0 Å². The quantitative estimate of drug-likeness (QED) is 0.865. The van der Waals surface area contributed by atoms with Crippen molar-refractivity contribution < 1.29 is 9.84 Å². The lowest BCUT2D eigenvalue weighted by Gasteiger charge is -2.34.